The first-order valence-electron chi connectivity index (χ1n) is 5.56. The van der Waals surface area contributed by atoms with E-state index in [1.54, 1.807) is 25.1 Å². The summed E-state index contributed by atoms with van der Waals surface area (Å²) in [5.74, 6) is 1.03. The molecule has 1 aromatic carbocycles. The van der Waals surface area contributed by atoms with Crippen LogP contribution in [0.15, 0.2) is 23.2 Å². The monoisotopic (exact) mass is 251 g/mol. The highest BCUT2D eigenvalue weighted by atomic mass is 16.5. The second kappa shape index (κ2) is 6.64. The molecule has 0 aliphatic heterocycles. The zero-order valence-electron chi connectivity index (χ0n) is 11.0. The van der Waals surface area contributed by atoms with Crippen LogP contribution in [-0.2, 0) is 4.74 Å². The van der Waals surface area contributed by atoms with Gasteiger partial charge in [0.25, 0.3) is 5.91 Å². The quantitative estimate of drug-likeness (QED) is 0.608. The molecular weight excluding hydrogens is 234 g/mol. The van der Waals surface area contributed by atoms with Crippen molar-refractivity contribution in [3.05, 3.63) is 23.8 Å². The Hall–Kier alpha value is -2.04. The lowest BCUT2D eigenvalue weighted by Crippen LogP contribution is -2.05. The lowest BCUT2D eigenvalue weighted by molar-refractivity contribution is 0.0998. The minimum Gasteiger partial charge on any atom is -0.497 e. The van der Waals surface area contributed by atoms with Crippen LogP contribution in [0.5, 0.6) is 11.5 Å². The molecule has 0 bridgehead atoms. The Morgan fingerprint density at radius 2 is 1.72 bits per heavy atom. The summed E-state index contributed by atoms with van der Waals surface area (Å²) < 4.78 is 15.3. The van der Waals surface area contributed by atoms with E-state index < -0.39 is 5.91 Å². The highest BCUT2D eigenvalue weighted by Crippen LogP contribution is 2.22. The van der Waals surface area contributed by atoms with E-state index in [0.717, 1.165) is 0 Å². The van der Waals surface area contributed by atoms with Gasteiger partial charge in [0.05, 0.1) is 20.8 Å². The van der Waals surface area contributed by atoms with Crippen molar-refractivity contribution in [2.45, 2.75) is 13.8 Å². The van der Waals surface area contributed by atoms with Crippen molar-refractivity contribution < 1.29 is 19.0 Å². The number of aliphatic imine (C=N–C) groups is 1. The van der Waals surface area contributed by atoms with Crippen LogP contribution in [0.4, 0.5) is 0 Å². The van der Waals surface area contributed by atoms with E-state index >= 15 is 0 Å². The van der Waals surface area contributed by atoms with Gasteiger partial charge in [-0.2, -0.15) is 4.99 Å². The van der Waals surface area contributed by atoms with Gasteiger partial charge in [-0.1, -0.05) is 0 Å². The Bertz CT molecular complexity index is 432. The van der Waals surface area contributed by atoms with Crippen molar-refractivity contribution in [2.75, 3.05) is 20.8 Å². The predicted molar refractivity (Wildman–Crippen MR) is 68.6 cm³/mol. The van der Waals surface area contributed by atoms with Crippen molar-refractivity contribution in [1.82, 2.24) is 0 Å². The summed E-state index contributed by atoms with van der Waals surface area (Å²) in [5, 5.41) is 0. The van der Waals surface area contributed by atoms with Gasteiger partial charge in [0.2, 0.25) is 0 Å². The molecule has 0 N–H and O–H groups in total. The lowest BCUT2D eigenvalue weighted by atomic mass is 10.2. The summed E-state index contributed by atoms with van der Waals surface area (Å²) in [7, 11) is 3.05. The van der Waals surface area contributed by atoms with Gasteiger partial charge in [-0.25, -0.2) is 0 Å². The van der Waals surface area contributed by atoms with Crippen LogP contribution in [0.25, 0.3) is 0 Å². The molecule has 0 spiro atoms. The Morgan fingerprint density at radius 3 is 2.17 bits per heavy atom. The highest BCUT2D eigenvalue weighted by Gasteiger charge is 2.09. The summed E-state index contributed by atoms with van der Waals surface area (Å²) in [6.45, 7) is 3.95. The zero-order valence-corrected chi connectivity index (χ0v) is 11.0. The molecule has 0 unspecified atom stereocenters. The number of benzene rings is 1. The third-order valence-electron chi connectivity index (χ3n) is 2.21. The Labute approximate surface area is 106 Å². The SMILES string of the molecule is CCOC(C)=NC(=O)c1cc(OC)cc(OC)c1. The van der Waals surface area contributed by atoms with Crippen LogP contribution in [0.2, 0.25) is 0 Å². The van der Waals surface area contributed by atoms with Crippen LogP contribution in [-0.4, -0.2) is 32.6 Å². The van der Waals surface area contributed by atoms with E-state index in [-0.39, 0.29) is 0 Å². The van der Waals surface area contributed by atoms with E-state index in [1.807, 2.05) is 6.92 Å². The van der Waals surface area contributed by atoms with Gasteiger partial charge in [-0.15, -0.1) is 0 Å². The molecule has 1 amide bonds. The van der Waals surface area contributed by atoms with Gasteiger partial charge >= 0.3 is 0 Å². The van der Waals surface area contributed by atoms with Crippen molar-refractivity contribution in [3.63, 3.8) is 0 Å². The minimum absolute atomic E-state index is 0.337. The maximum Gasteiger partial charge on any atom is 0.280 e. The summed E-state index contributed by atoms with van der Waals surface area (Å²) in [6.07, 6.45) is 0. The maximum absolute atomic E-state index is 11.9. The van der Waals surface area contributed by atoms with Crippen LogP contribution >= 0.6 is 0 Å². The second-order valence-corrected chi connectivity index (χ2v) is 3.47. The number of carbonyl (C=O) groups excluding carboxylic acids is 1. The number of carbonyl (C=O) groups is 1. The number of hydrogen-bond donors (Lipinski definition) is 0. The first-order valence-corrected chi connectivity index (χ1v) is 5.56. The molecule has 98 valence electrons. The van der Waals surface area contributed by atoms with Crippen LogP contribution < -0.4 is 9.47 Å². The van der Waals surface area contributed by atoms with Gasteiger partial charge in [-0.3, -0.25) is 4.79 Å². The highest BCUT2D eigenvalue weighted by molar-refractivity contribution is 6.01. The average molecular weight is 251 g/mol. The fourth-order valence-electron chi connectivity index (χ4n) is 1.38. The Morgan fingerprint density at radius 1 is 1.17 bits per heavy atom. The lowest BCUT2D eigenvalue weighted by Gasteiger charge is -2.06. The van der Waals surface area contributed by atoms with E-state index in [1.165, 1.54) is 14.2 Å². The molecule has 1 rings (SSSR count). The first kappa shape index (κ1) is 14.0. The molecule has 0 radical (unpaired) electrons. The fourth-order valence-corrected chi connectivity index (χ4v) is 1.38. The zero-order chi connectivity index (χ0) is 13.5. The molecule has 1 aromatic rings. The summed E-state index contributed by atoms with van der Waals surface area (Å²) in [4.78, 5) is 15.7. The molecule has 0 saturated heterocycles. The molecule has 0 aliphatic rings. The summed E-state index contributed by atoms with van der Waals surface area (Å²) in [6, 6.07) is 4.90. The van der Waals surface area contributed by atoms with Crippen molar-refractivity contribution >= 4 is 11.8 Å². The van der Waals surface area contributed by atoms with Crippen molar-refractivity contribution in [2.24, 2.45) is 4.99 Å². The summed E-state index contributed by atoms with van der Waals surface area (Å²) in [5.41, 5.74) is 0.394. The molecule has 0 aromatic heterocycles. The van der Waals surface area contributed by atoms with Crippen LogP contribution in [0.1, 0.15) is 24.2 Å². The number of nitrogens with zero attached hydrogens (tertiary/aromatic N) is 1. The molecule has 0 aliphatic carbocycles. The van der Waals surface area contributed by atoms with Crippen molar-refractivity contribution in [3.8, 4) is 11.5 Å². The van der Waals surface area contributed by atoms with E-state index in [4.69, 9.17) is 14.2 Å². The van der Waals surface area contributed by atoms with E-state index in [2.05, 4.69) is 4.99 Å². The van der Waals surface area contributed by atoms with Gasteiger partial charge < -0.3 is 14.2 Å². The van der Waals surface area contributed by atoms with Crippen molar-refractivity contribution in [1.29, 1.82) is 0 Å². The summed E-state index contributed by atoms with van der Waals surface area (Å²) >= 11 is 0. The number of methoxy groups -OCH3 is 2. The third-order valence-corrected chi connectivity index (χ3v) is 2.21. The van der Waals surface area contributed by atoms with Gasteiger partial charge in [0.1, 0.15) is 11.5 Å². The molecule has 0 fully saturated rings. The van der Waals surface area contributed by atoms with Crippen LogP contribution in [0.3, 0.4) is 0 Å². The maximum atomic E-state index is 11.9. The fraction of sp³-hybridized carbons (Fsp3) is 0.385. The van der Waals surface area contributed by atoms with Crippen LogP contribution in [0, 0.1) is 0 Å². The predicted octanol–water partition coefficient (Wildman–Crippen LogP) is 2.30. The minimum atomic E-state index is -0.391. The molecule has 5 nitrogen and oxygen atoms in total. The molecule has 0 heterocycles. The third kappa shape index (κ3) is 3.76. The smallest absolute Gasteiger partial charge is 0.280 e. The molecule has 5 heteroatoms. The second-order valence-electron chi connectivity index (χ2n) is 3.47. The first-order chi connectivity index (χ1) is 8.60. The molecular formula is C13H17NO4. The molecule has 0 saturated carbocycles. The topological polar surface area (TPSA) is 57.1 Å². The van der Waals surface area contributed by atoms with Gasteiger partial charge in [0.15, 0.2) is 5.90 Å². The largest absolute Gasteiger partial charge is 0.497 e. The standard InChI is InChI=1S/C13H17NO4/c1-5-18-9(2)14-13(15)10-6-11(16-3)8-12(7-10)17-4/h6-8H,5H2,1-4H3. The van der Waals surface area contributed by atoms with E-state index in [9.17, 15) is 4.79 Å². The van der Waals surface area contributed by atoms with Gasteiger partial charge in [0, 0.05) is 18.6 Å². The number of rotatable bonds is 4. The Kier molecular flexibility index (Phi) is 5.17. The van der Waals surface area contributed by atoms with E-state index in [0.29, 0.717) is 29.6 Å². The average Bonchev–Trinajstić information content (AvgIpc) is 2.38. The number of hydrogen-bond acceptors (Lipinski definition) is 4. The molecule has 0 atom stereocenters. The van der Waals surface area contributed by atoms with Gasteiger partial charge in [-0.05, 0) is 19.1 Å². The number of ether oxygens (including phenoxy) is 3. The normalized spacial score (nSPS) is 11.0. The number of amides is 1. The molecule has 18 heavy (non-hydrogen) atoms. The Balaban J connectivity index is 3.01.